The van der Waals surface area contributed by atoms with Crippen molar-refractivity contribution < 1.29 is 4.79 Å². The number of rotatable bonds is 16. The molecule has 0 radical (unpaired) electrons. The Labute approximate surface area is 146 Å². The fourth-order valence-corrected chi connectivity index (χ4v) is 4.25. The highest BCUT2D eigenvalue weighted by Crippen LogP contribution is 2.22. The first kappa shape index (κ1) is 22.2. The molecule has 0 fully saturated rings. The topological polar surface area (TPSA) is 29.1 Å². The minimum Gasteiger partial charge on any atom is -0.355 e. The fourth-order valence-electron chi connectivity index (χ4n) is 2.20. The molecular formula is C18H37NOS2. The third-order valence-electron chi connectivity index (χ3n) is 3.61. The lowest BCUT2D eigenvalue weighted by molar-refractivity contribution is -0.121. The maximum Gasteiger partial charge on any atom is 0.220 e. The summed E-state index contributed by atoms with van der Waals surface area (Å²) >= 11 is 0. The zero-order valence-corrected chi connectivity index (χ0v) is 16.6. The molecule has 0 atom stereocenters. The van der Waals surface area contributed by atoms with Crippen molar-refractivity contribution in [2.24, 2.45) is 5.92 Å². The molecule has 0 rings (SSSR count). The van der Waals surface area contributed by atoms with Crippen molar-refractivity contribution in [1.29, 1.82) is 0 Å². The third-order valence-corrected chi connectivity index (χ3v) is 6.10. The van der Waals surface area contributed by atoms with E-state index in [4.69, 9.17) is 0 Å². The largest absolute Gasteiger partial charge is 0.355 e. The molecule has 2 nitrogen and oxygen atoms in total. The number of carbonyl (C=O) groups is 1. The van der Waals surface area contributed by atoms with E-state index in [1.54, 1.807) is 0 Å². The van der Waals surface area contributed by atoms with Gasteiger partial charge in [0.15, 0.2) is 0 Å². The van der Waals surface area contributed by atoms with Crippen LogP contribution in [-0.4, -0.2) is 24.0 Å². The zero-order valence-electron chi connectivity index (χ0n) is 15.0. The number of hydrogen-bond donors (Lipinski definition) is 1. The molecule has 0 aromatic heterocycles. The van der Waals surface area contributed by atoms with Gasteiger partial charge >= 0.3 is 0 Å². The van der Waals surface area contributed by atoms with E-state index in [-0.39, 0.29) is 5.91 Å². The maximum atomic E-state index is 11.4. The number of amides is 1. The van der Waals surface area contributed by atoms with Gasteiger partial charge in [0.1, 0.15) is 0 Å². The van der Waals surface area contributed by atoms with E-state index in [2.05, 4.69) is 26.1 Å². The lowest BCUT2D eigenvalue weighted by Crippen LogP contribution is -2.25. The Morgan fingerprint density at radius 1 is 0.909 bits per heavy atom. The second kappa shape index (κ2) is 17.5. The summed E-state index contributed by atoms with van der Waals surface area (Å²) in [5, 5.41) is 2.98. The summed E-state index contributed by atoms with van der Waals surface area (Å²) in [5.74, 6) is 3.35. The van der Waals surface area contributed by atoms with Gasteiger partial charge in [-0.1, -0.05) is 87.3 Å². The monoisotopic (exact) mass is 347 g/mol. The molecule has 22 heavy (non-hydrogen) atoms. The van der Waals surface area contributed by atoms with Crippen LogP contribution >= 0.6 is 21.6 Å². The SMILES string of the molecule is CCCCC(=O)NCCSSCCCCCCCCC(C)C. The van der Waals surface area contributed by atoms with Gasteiger partial charge in [-0.25, -0.2) is 0 Å². The molecule has 1 amide bonds. The Bertz CT molecular complexity index is 247. The first-order valence-electron chi connectivity index (χ1n) is 9.18. The average Bonchev–Trinajstić information content (AvgIpc) is 2.49. The predicted octanol–water partition coefficient (Wildman–Crippen LogP) is 6.06. The molecule has 0 saturated carbocycles. The average molecular weight is 348 g/mol. The highest BCUT2D eigenvalue weighted by molar-refractivity contribution is 8.76. The van der Waals surface area contributed by atoms with Gasteiger partial charge in [0, 0.05) is 24.5 Å². The maximum absolute atomic E-state index is 11.4. The first-order chi connectivity index (χ1) is 10.7. The van der Waals surface area contributed by atoms with Crippen molar-refractivity contribution in [1.82, 2.24) is 5.32 Å². The van der Waals surface area contributed by atoms with Crippen LogP contribution in [0.5, 0.6) is 0 Å². The van der Waals surface area contributed by atoms with Gasteiger partial charge in [-0.2, -0.15) is 0 Å². The molecule has 0 heterocycles. The normalized spacial score (nSPS) is 11.1. The highest BCUT2D eigenvalue weighted by atomic mass is 33.1. The summed E-state index contributed by atoms with van der Waals surface area (Å²) < 4.78 is 0. The van der Waals surface area contributed by atoms with Crippen LogP contribution in [0, 0.1) is 5.92 Å². The van der Waals surface area contributed by atoms with E-state index in [1.807, 2.05) is 21.6 Å². The van der Waals surface area contributed by atoms with Crippen LogP contribution in [0.4, 0.5) is 0 Å². The number of hydrogen-bond acceptors (Lipinski definition) is 3. The quantitative estimate of drug-likeness (QED) is 0.272. The van der Waals surface area contributed by atoms with Gasteiger partial charge < -0.3 is 5.32 Å². The van der Waals surface area contributed by atoms with Crippen LogP contribution in [-0.2, 0) is 4.79 Å². The predicted molar refractivity (Wildman–Crippen MR) is 105 cm³/mol. The van der Waals surface area contributed by atoms with Gasteiger partial charge in [0.2, 0.25) is 5.91 Å². The van der Waals surface area contributed by atoms with Gasteiger partial charge in [0.25, 0.3) is 0 Å². The molecule has 1 N–H and O–H groups in total. The molecule has 0 aliphatic carbocycles. The summed E-state index contributed by atoms with van der Waals surface area (Å²) in [6, 6.07) is 0. The molecule has 0 aliphatic heterocycles. The van der Waals surface area contributed by atoms with E-state index in [9.17, 15) is 4.79 Å². The molecule has 0 aromatic carbocycles. The highest BCUT2D eigenvalue weighted by Gasteiger charge is 1.99. The van der Waals surface area contributed by atoms with Crippen molar-refractivity contribution in [2.45, 2.75) is 85.0 Å². The summed E-state index contributed by atoms with van der Waals surface area (Å²) in [6.07, 6.45) is 12.5. The van der Waals surface area contributed by atoms with Crippen LogP contribution in [0.25, 0.3) is 0 Å². The van der Waals surface area contributed by atoms with Crippen molar-refractivity contribution in [3.05, 3.63) is 0 Å². The number of nitrogens with one attached hydrogen (secondary N) is 1. The second-order valence-corrected chi connectivity index (χ2v) is 9.10. The van der Waals surface area contributed by atoms with Crippen molar-refractivity contribution in [3.8, 4) is 0 Å². The van der Waals surface area contributed by atoms with E-state index in [0.717, 1.165) is 31.1 Å². The molecule has 0 aromatic rings. The van der Waals surface area contributed by atoms with Crippen molar-refractivity contribution in [3.63, 3.8) is 0 Å². The Kier molecular flexibility index (Phi) is 17.7. The molecule has 4 heteroatoms. The third kappa shape index (κ3) is 18.2. The Morgan fingerprint density at radius 2 is 1.55 bits per heavy atom. The standard InChI is InChI=1S/C18H37NOS2/c1-4-5-13-18(20)19-14-16-22-21-15-11-9-7-6-8-10-12-17(2)3/h17H,4-16H2,1-3H3,(H,19,20). The summed E-state index contributed by atoms with van der Waals surface area (Å²) in [5.41, 5.74) is 0. The molecule has 0 unspecified atom stereocenters. The van der Waals surface area contributed by atoms with E-state index in [0.29, 0.717) is 6.42 Å². The molecule has 132 valence electrons. The molecule has 0 aliphatic rings. The van der Waals surface area contributed by atoms with Crippen LogP contribution < -0.4 is 5.32 Å². The van der Waals surface area contributed by atoms with E-state index in [1.165, 1.54) is 50.7 Å². The molecular weight excluding hydrogens is 310 g/mol. The summed E-state index contributed by atoms with van der Waals surface area (Å²) in [7, 11) is 3.86. The molecule has 0 spiro atoms. The van der Waals surface area contributed by atoms with Gasteiger partial charge in [0.05, 0.1) is 0 Å². The molecule has 0 saturated heterocycles. The minimum atomic E-state index is 0.213. The lowest BCUT2D eigenvalue weighted by Gasteiger charge is -2.05. The van der Waals surface area contributed by atoms with Crippen molar-refractivity contribution in [2.75, 3.05) is 18.1 Å². The fraction of sp³-hybridized carbons (Fsp3) is 0.944. The Balaban J connectivity index is 3.07. The second-order valence-electron chi connectivity index (χ2n) is 6.40. The van der Waals surface area contributed by atoms with Gasteiger partial charge in [-0.3, -0.25) is 4.79 Å². The zero-order chi connectivity index (χ0) is 16.5. The van der Waals surface area contributed by atoms with Crippen molar-refractivity contribution >= 4 is 27.5 Å². The van der Waals surface area contributed by atoms with Gasteiger partial charge in [-0.05, 0) is 18.8 Å². The number of unbranched alkanes of at least 4 members (excludes halogenated alkanes) is 6. The van der Waals surface area contributed by atoms with E-state index >= 15 is 0 Å². The first-order valence-corrected chi connectivity index (χ1v) is 11.7. The van der Waals surface area contributed by atoms with E-state index < -0.39 is 0 Å². The Morgan fingerprint density at radius 3 is 2.23 bits per heavy atom. The minimum absolute atomic E-state index is 0.213. The summed E-state index contributed by atoms with van der Waals surface area (Å²) in [6.45, 7) is 7.55. The van der Waals surface area contributed by atoms with Crippen LogP contribution in [0.3, 0.4) is 0 Å². The van der Waals surface area contributed by atoms with Crippen LogP contribution in [0.2, 0.25) is 0 Å². The number of carbonyl (C=O) groups excluding carboxylic acids is 1. The smallest absolute Gasteiger partial charge is 0.220 e. The van der Waals surface area contributed by atoms with Crippen LogP contribution in [0.1, 0.15) is 85.0 Å². The van der Waals surface area contributed by atoms with Crippen LogP contribution in [0.15, 0.2) is 0 Å². The molecule has 0 bridgehead atoms. The lowest BCUT2D eigenvalue weighted by atomic mass is 10.0. The van der Waals surface area contributed by atoms with Gasteiger partial charge in [-0.15, -0.1) is 0 Å². The summed E-state index contributed by atoms with van der Waals surface area (Å²) in [4.78, 5) is 11.4. The Hall–Kier alpha value is 0.170.